The first-order valence-electron chi connectivity index (χ1n) is 3.68. The Hall–Kier alpha value is -0.0800. The zero-order chi connectivity index (χ0) is 6.54. The summed E-state index contributed by atoms with van der Waals surface area (Å²) in [6, 6.07) is 0. The molecule has 0 aromatic carbocycles. The molecule has 3 N–H and O–H groups in total. The van der Waals surface area contributed by atoms with Gasteiger partial charge in [-0.3, -0.25) is 0 Å². The summed E-state index contributed by atoms with van der Waals surface area (Å²) in [7, 11) is 0. The number of hydrogen-bond acceptors (Lipinski definition) is 2. The van der Waals surface area contributed by atoms with E-state index in [9.17, 15) is 5.11 Å². The highest BCUT2D eigenvalue weighted by Gasteiger charge is 2.58. The summed E-state index contributed by atoms with van der Waals surface area (Å²) in [4.78, 5) is 0. The maximum atomic E-state index is 9.58. The van der Waals surface area contributed by atoms with Gasteiger partial charge in [-0.05, 0) is 32.1 Å². The van der Waals surface area contributed by atoms with E-state index in [2.05, 4.69) is 0 Å². The minimum absolute atomic E-state index is 0.174. The van der Waals surface area contributed by atoms with Crippen molar-refractivity contribution in [2.45, 2.75) is 43.2 Å². The summed E-state index contributed by atoms with van der Waals surface area (Å²) >= 11 is 0. The monoisotopic (exact) mass is 127 g/mol. The van der Waals surface area contributed by atoms with Gasteiger partial charge in [0.2, 0.25) is 0 Å². The lowest BCUT2D eigenvalue weighted by atomic mass is 9.72. The molecule has 0 saturated heterocycles. The molecule has 2 saturated carbocycles. The minimum Gasteiger partial charge on any atom is -0.388 e. The van der Waals surface area contributed by atoms with Gasteiger partial charge in [0.1, 0.15) is 0 Å². The zero-order valence-corrected chi connectivity index (χ0v) is 5.56. The van der Waals surface area contributed by atoms with Gasteiger partial charge in [0.05, 0.1) is 5.60 Å². The highest BCUT2D eigenvalue weighted by molar-refractivity contribution is 5.16. The lowest BCUT2D eigenvalue weighted by molar-refractivity contribution is 0.0124. The molecule has 0 spiro atoms. The fourth-order valence-corrected chi connectivity index (χ4v) is 1.64. The van der Waals surface area contributed by atoms with Crippen LogP contribution in [0.1, 0.15) is 32.1 Å². The van der Waals surface area contributed by atoms with Gasteiger partial charge in [-0.15, -0.1) is 0 Å². The van der Waals surface area contributed by atoms with Gasteiger partial charge in [-0.2, -0.15) is 0 Å². The molecular weight excluding hydrogens is 114 g/mol. The number of rotatable bonds is 1. The van der Waals surface area contributed by atoms with Crippen LogP contribution in [0.15, 0.2) is 0 Å². The van der Waals surface area contributed by atoms with E-state index in [0.29, 0.717) is 0 Å². The Morgan fingerprint density at radius 3 is 1.78 bits per heavy atom. The van der Waals surface area contributed by atoms with Crippen LogP contribution in [0, 0.1) is 0 Å². The van der Waals surface area contributed by atoms with Crippen molar-refractivity contribution in [3.63, 3.8) is 0 Å². The van der Waals surface area contributed by atoms with Gasteiger partial charge in [0.15, 0.2) is 0 Å². The summed E-state index contributed by atoms with van der Waals surface area (Å²) in [5, 5.41) is 9.58. The second-order valence-corrected chi connectivity index (χ2v) is 3.54. The number of nitrogens with two attached hydrogens (primary N) is 1. The van der Waals surface area contributed by atoms with Gasteiger partial charge in [-0.25, -0.2) is 0 Å². The van der Waals surface area contributed by atoms with Crippen molar-refractivity contribution >= 4 is 0 Å². The molecule has 2 heteroatoms. The van der Waals surface area contributed by atoms with Crippen LogP contribution >= 0.6 is 0 Å². The van der Waals surface area contributed by atoms with Crippen LogP contribution in [0.2, 0.25) is 0 Å². The fourth-order valence-electron chi connectivity index (χ4n) is 1.64. The van der Waals surface area contributed by atoms with Crippen LogP contribution in [0.5, 0.6) is 0 Å². The van der Waals surface area contributed by atoms with Crippen molar-refractivity contribution in [3.8, 4) is 0 Å². The van der Waals surface area contributed by atoms with E-state index in [1.165, 1.54) is 6.42 Å². The molecule has 0 unspecified atom stereocenters. The molecule has 0 amide bonds. The molecule has 0 atom stereocenters. The molecule has 52 valence electrons. The first-order chi connectivity index (χ1) is 4.16. The average Bonchev–Trinajstić information content (AvgIpc) is 2.43. The van der Waals surface area contributed by atoms with Crippen LogP contribution in [0.3, 0.4) is 0 Å². The molecule has 2 aliphatic rings. The van der Waals surface area contributed by atoms with E-state index in [0.717, 1.165) is 25.7 Å². The Labute approximate surface area is 55.1 Å². The Morgan fingerprint density at radius 2 is 1.67 bits per heavy atom. The van der Waals surface area contributed by atoms with Crippen LogP contribution < -0.4 is 5.73 Å². The number of aliphatic hydroxyl groups is 1. The second kappa shape index (κ2) is 1.32. The Balaban J connectivity index is 2.11. The molecule has 0 heterocycles. The minimum atomic E-state index is -0.439. The predicted molar refractivity (Wildman–Crippen MR) is 35.0 cm³/mol. The second-order valence-electron chi connectivity index (χ2n) is 3.54. The van der Waals surface area contributed by atoms with E-state index < -0.39 is 5.60 Å². The van der Waals surface area contributed by atoms with Crippen molar-refractivity contribution < 1.29 is 5.11 Å². The van der Waals surface area contributed by atoms with Gasteiger partial charge in [0.25, 0.3) is 0 Å². The van der Waals surface area contributed by atoms with Gasteiger partial charge in [0, 0.05) is 5.54 Å². The lowest BCUT2D eigenvalue weighted by Crippen LogP contribution is -2.57. The Kier molecular flexibility index (Phi) is 0.837. The Morgan fingerprint density at radius 1 is 1.11 bits per heavy atom. The average molecular weight is 127 g/mol. The van der Waals surface area contributed by atoms with Crippen LogP contribution in [0.4, 0.5) is 0 Å². The summed E-state index contributed by atoms with van der Waals surface area (Å²) in [6.07, 6.45) is 5.14. The summed E-state index contributed by atoms with van der Waals surface area (Å²) in [6.45, 7) is 0. The van der Waals surface area contributed by atoms with Crippen LogP contribution in [-0.4, -0.2) is 16.2 Å². The zero-order valence-electron chi connectivity index (χ0n) is 5.56. The van der Waals surface area contributed by atoms with E-state index in [-0.39, 0.29) is 5.54 Å². The molecule has 0 aliphatic heterocycles. The highest BCUT2D eigenvalue weighted by atomic mass is 16.3. The summed E-state index contributed by atoms with van der Waals surface area (Å²) < 4.78 is 0. The van der Waals surface area contributed by atoms with Gasteiger partial charge in [-0.1, -0.05) is 0 Å². The van der Waals surface area contributed by atoms with Crippen molar-refractivity contribution in [3.05, 3.63) is 0 Å². The molecule has 2 fully saturated rings. The number of hydrogen-bond donors (Lipinski definition) is 2. The molecule has 0 radical (unpaired) electrons. The van der Waals surface area contributed by atoms with Gasteiger partial charge < -0.3 is 10.8 Å². The maximum Gasteiger partial charge on any atom is 0.0828 e. The highest BCUT2D eigenvalue weighted by Crippen LogP contribution is 2.51. The topological polar surface area (TPSA) is 46.2 Å². The largest absolute Gasteiger partial charge is 0.388 e. The van der Waals surface area contributed by atoms with E-state index >= 15 is 0 Å². The standard InChI is InChI=1S/C7H13NO/c8-6(2-1-3-6)7(9)4-5-7/h9H,1-5,8H2. The molecular formula is C7H13NO. The van der Waals surface area contributed by atoms with Crippen molar-refractivity contribution in [1.29, 1.82) is 0 Å². The quantitative estimate of drug-likeness (QED) is 0.535. The van der Waals surface area contributed by atoms with E-state index in [4.69, 9.17) is 5.73 Å². The molecule has 9 heavy (non-hydrogen) atoms. The van der Waals surface area contributed by atoms with Crippen molar-refractivity contribution in [2.75, 3.05) is 0 Å². The fraction of sp³-hybridized carbons (Fsp3) is 1.00. The SMILES string of the molecule is NC1(C2(O)CC2)CCC1. The maximum absolute atomic E-state index is 9.58. The Bertz CT molecular complexity index is 136. The van der Waals surface area contributed by atoms with Crippen molar-refractivity contribution in [2.24, 2.45) is 5.73 Å². The lowest BCUT2D eigenvalue weighted by Gasteiger charge is -2.42. The van der Waals surface area contributed by atoms with Crippen molar-refractivity contribution in [1.82, 2.24) is 0 Å². The van der Waals surface area contributed by atoms with Crippen LogP contribution in [-0.2, 0) is 0 Å². The van der Waals surface area contributed by atoms with E-state index in [1.807, 2.05) is 0 Å². The third-order valence-electron chi connectivity index (χ3n) is 2.90. The van der Waals surface area contributed by atoms with Crippen LogP contribution in [0.25, 0.3) is 0 Å². The normalized spacial score (nSPS) is 35.3. The van der Waals surface area contributed by atoms with E-state index in [1.54, 1.807) is 0 Å². The summed E-state index contributed by atoms with van der Waals surface area (Å²) in [5.74, 6) is 0. The molecule has 0 aromatic rings. The first-order valence-corrected chi connectivity index (χ1v) is 3.68. The van der Waals surface area contributed by atoms with Gasteiger partial charge >= 0.3 is 0 Å². The molecule has 0 aromatic heterocycles. The molecule has 2 rings (SSSR count). The third-order valence-corrected chi connectivity index (χ3v) is 2.90. The molecule has 2 aliphatic carbocycles. The smallest absolute Gasteiger partial charge is 0.0828 e. The third kappa shape index (κ3) is 0.578. The summed E-state index contributed by atoms with van der Waals surface area (Å²) in [5.41, 5.74) is 5.28. The molecule has 2 nitrogen and oxygen atoms in total. The predicted octanol–water partition coefficient (Wildman–Crippen LogP) is 0.393. The molecule has 0 bridgehead atoms. The first kappa shape index (κ1) is 5.69.